The van der Waals surface area contributed by atoms with Gasteiger partial charge in [0.15, 0.2) is 5.82 Å². The van der Waals surface area contributed by atoms with Crippen molar-refractivity contribution in [2.75, 3.05) is 6.26 Å². The average Bonchev–Trinajstić information content (AvgIpc) is 2.75. The van der Waals surface area contributed by atoms with Crippen molar-refractivity contribution in [2.24, 2.45) is 5.73 Å². The highest BCUT2D eigenvalue weighted by Crippen LogP contribution is 2.20. The van der Waals surface area contributed by atoms with Crippen molar-refractivity contribution < 1.29 is 4.52 Å². The Morgan fingerprint density at radius 2 is 2.00 bits per heavy atom. The van der Waals surface area contributed by atoms with Crippen LogP contribution in [0, 0.1) is 6.92 Å². The largest absolute Gasteiger partial charge is 0.340 e. The van der Waals surface area contributed by atoms with Gasteiger partial charge in [0, 0.05) is 11.8 Å². The van der Waals surface area contributed by atoms with Crippen LogP contribution in [-0.2, 0) is 0 Å². The number of benzene rings is 1. The van der Waals surface area contributed by atoms with Gasteiger partial charge in [-0.25, -0.2) is 0 Å². The minimum atomic E-state index is -0.326. The summed E-state index contributed by atoms with van der Waals surface area (Å²) in [7, 11) is 0. The first-order chi connectivity index (χ1) is 7.70. The summed E-state index contributed by atoms with van der Waals surface area (Å²) in [6.45, 7) is 1.75. The number of rotatable bonds is 3. The van der Waals surface area contributed by atoms with Crippen molar-refractivity contribution in [3.05, 3.63) is 41.5 Å². The molecule has 2 aromatic rings. The highest BCUT2D eigenvalue weighted by atomic mass is 32.2. The van der Waals surface area contributed by atoms with Crippen LogP contribution in [0.2, 0.25) is 0 Å². The zero-order valence-corrected chi connectivity index (χ0v) is 9.99. The van der Waals surface area contributed by atoms with E-state index in [1.54, 1.807) is 18.7 Å². The second-order valence-electron chi connectivity index (χ2n) is 3.42. The van der Waals surface area contributed by atoms with Gasteiger partial charge in [0.1, 0.15) is 0 Å². The second kappa shape index (κ2) is 4.67. The van der Waals surface area contributed by atoms with Gasteiger partial charge in [-0.1, -0.05) is 17.3 Å². The highest BCUT2D eigenvalue weighted by Gasteiger charge is 2.14. The van der Waals surface area contributed by atoms with Gasteiger partial charge in [0.25, 0.3) is 0 Å². The van der Waals surface area contributed by atoms with Gasteiger partial charge in [-0.15, -0.1) is 11.8 Å². The van der Waals surface area contributed by atoms with Gasteiger partial charge in [0.2, 0.25) is 5.89 Å². The van der Waals surface area contributed by atoms with E-state index >= 15 is 0 Å². The van der Waals surface area contributed by atoms with Crippen LogP contribution in [0.25, 0.3) is 0 Å². The lowest BCUT2D eigenvalue weighted by atomic mass is 10.1. The number of nitrogens with two attached hydrogens (primary N) is 1. The molecule has 16 heavy (non-hydrogen) atoms. The predicted molar refractivity (Wildman–Crippen MR) is 63.3 cm³/mol. The Kier molecular flexibility index (Phi) is 3.26. The van der Waals surface area contributed by atoms with E-state index in [4.69, 9.17) is 10.3 Å². The molecule has 1 aromatic carbocycles. The summed E-state index contributed by atoms with van der Waals surface area (Å²) >= 11 is 1.70. The van der Waals surface area contributed by atoms with E-state index in [2.05, 4.69) is 10.1 Å². The maximum Gasteiger partial charge on any atom is 0.223 e. The van der Waals surface area contributed by atoms with Gasteiger partial charge in [0.05, 0.1) is 6.04 Å². The molecule has 0 amide bonds. The molecule has 0 aliphatic carbocycles. The normalized spacial score (nSPS) is 12.7. The van der Waals surface area contributed by atoms with Crippen LogP contribution >= 0.6 is 11.8 Å². The third kappa shape index (κ3) is 2.25. The lowest BCUT2D eigenvalue weighted by Crippen LogP contribution is -2.13. The van der Waals surface area contributed by atoms with E-state index < -0.39 is 0 Å². The van der Waals surface area contributed by atoms with Crippen molar-refractivity contribution in [2.45, 2.75) is 17.9 Å². The lowest BCUT2D eigenvalue weighted by molar-refractivity contribution is 0.385. The zero-order chi connectivity index (χ0) is 11.5. The van der Waals surface area contributed by atoms with Crippen molar-refractivity contribution in [3.8, 4) is 0 Å². The molecule has 2 N–H and O–H groups in total. The van der Waals surface area contributed by atoms with Crippen molar-refractivity contribution in [3.63, 3.8) is 0 Å². The third-order valence-corrected chi connectivity index (χ3v) is 3.04. The third-order valence-electron chi connectivity index (χ3n) is 2.30. The van der Waals surface area contributed by atoms with Gasteiger partial charge in [-0.3, -0.25) is 0 Å². The molecule has 1 unspecified atom stereocenters. The molecular formula is C11H13N3OS. The Morgan fingerprint density at radius 3 is 2.50 bits per heavy atom. The monoisotopic (exact) mass is 235 g/mol. The summed E-state index contributed by atoms with van der Waals surface area (Å²) in [5, 5.41) is 3.82. The maximum atomic E-state index is 6.03. The van der Waals surface area contributed by atoms with Gasteiger partial charge in [-0.2, -0.15) is 4.98 Å². The maximum absolute atomic E-state index is 6.03. The molecular weight excluding hydrogens is 222 g/mol. The van der Waals surface area contributed by atoms with Crippen LogP contribution in [0.4, 0.5) is 0 Å². The first-order valence-corrected chi connectivity index (χ1v) is 6.13. The number of nitrogens with zero attached hydrogens (tertiary/aromatic N) is 2. The SMILES string of the molecule is CSc1ccc(C(N)c2noc(C)n2)cc1. The molecule has 0 bridgehead atoms. The molecule has 5 heteroatoms. The summed E-state index contributed by atoms with van der Waals surface area (Å²) < 4.78 is 4.91. The topological polar surface area (TPSA) is 64.9 Å². The first kappa shape index (κ1) is 11.2. The minimum Gasteiger partial charge on any atom is -0.340 e. The van der Waals surface area contributed by atoms with Gasteiger partial charge >= 0.3 is 0 Å². The smallest absolute Gasteiger partial charge is 0.223 e. The zero-order valence-electron chi connectivity index (χ0n) is 9.18. The number of aromatic nitrogens is 2. The van der Waals surface area contributed by atoms with E-state index in [0.29, 0.717) is 11.7 Å². The Bertz CT molecular complexity index is 466. The quantitative estimate of drug-likeness (QED) is 0.826. The van der Waals surface area contributed by atoms with Crippen molar-refractivity contribution in [1.82, 2.24) is 10.1 Å². The molecule has 1 heterocycles. The summed E-state index contributed by atoms with van der Waals surface area (Å²) in [5.41, 5.74) is 7.01. The van der Waals surface area contributed by atoms with Crippen LogP contribution < -0.4 is 5.73 Å². The summed E-state index contributed by atoms with van der Waals surface area (Å²) in [6, 6.07) is 7.72. The molecule has 4 nitrogen and oxygen atoms in total. The fourth-order valence-electron chi connectivity index (χ4n) is 1.40. The van der Waals surface area contributed by atoms with Crippen LogP contribution in [-0.4, -0.2) is 16.4 Å². The second-order valence-corrected chi connectivity index (χ2v) is 4.30. The van der Waals surface area contributed by atoms with Crippen LogP contribution in [0.1, 0.15) is 23.3 Å². The van der Waals surface area contributed by atoms with E-state index in [9.17, 15) is 0 Å². The van der Waals surface area contributed by atoms with E-state index in [-0.39, 0.29) is 6.04 Å². The molecule has 2 rings (SSSR count). The lowest BCUT2D eigenvalue weighted by Gasteiger charge is -2.07. The predicted octanol–water partition coefficient (Wildman–Crippen LogP) is 2.15. The van der Waals surface area contributed by atoms with Crippen LogP contribution in [0.3, 0.4) is 0 Å². The molecule has 1 aromatic heterocycles. The molecule has 84 valence electrons. The highest BCUT2D eigenvalue weighted by molar-refractivity contribution is 7.98. The van der Waals surface area contributed by atoms with Gasteiger partial charge < -0.3 is 10.3 Å². The molecule has 0 saturated carbocycles. The molecule has 0 radical (unpaired) electrons. The minimum absolute atomic E-state index is 0.326. The van der Waals surface area contributed by atoms with Crippen LogP contribution in [0.15, 0.2) is 33.7 Å². The Labute approximate surface area is 98.2 Å². The average molecular weight is 235 g/mol. The van der Waals surface area contributed by atoms with Crippen molar-refractivity contribution >= 4 is 11.8 Å². The molecule has 0 aliphatic heterocycles. The molecule has 0 fully saturated rings. The van der Waals surface area contributed by atoms with E-state index in [1.807, 2.05) is 30.5 Å². The summed E-state index contributed by atoms with van der Waals surface area (Å²) in [4.78, 5) is 5.33. The summed E-state index contributed by atoms with van der Waals surface area (Å²) in [6.07, 6.45) is 2.04. The fourth-order valence-corrected chi connectivity index (χ4v) is 1.81. The van der Waals surface area contributed by atoms with Gasteiger partial charge in [-0.05, 0) is 24.0 Å². The summed E-state index contributed by atoms with van der Waals surface area (Å²) in [5.74, 6) is 1.06. The van der Waals surface area contributed by atoms with Crippen LogP contribution in [0.5, 0.6) is 0 Å². The molecule has 0 saturated heterocycles. The number of hydrogen-bond donors (Lipinski definition) is 1. The first-order valence-electron chi connectivity index (χ1n) is 4.90. The van der Waals surface area contributed by atoms with E-state index in [1.165, 1.54) is 4.90 Å². The molecule has 0 spiro atoms. The van der Waals surface area contributed by atoms with Crippen molar-refractivity contribution in [1.29, 1.82) is 0 Å². The fraction of sp³-hybridized carbons (Fsp3) is 0.273. The molecule has 0 aliphatic rings. The Hall–Kier alpha value is -1.33. The van der Waals surface area contributed by atoms with E-state index in [0.717, 1.165) is 5.56 Å². The standard InChI is InChI=1S/C11H13N3OS/c1-7-13-11(14-15-7)10(12)8-3-5-9(16-2)6-4-8/h3-6,10H,12H2,1-2H3. The number of aryl methyl sites for hydroxylation is 1. The Balaban J connectivity index is 2.23. The number of hydrogen-bond acceptors (Lipinski definition) is 5. The molecule has 1 atom stereocenters. The number of thioether (sulfide) groups is 1. The Morgan fingerprint density at radius 1 is 1.31 bits per heavy atom.